The number of hydrogen-bond donors (Lipinski definition) is 3. The third kappa shape index (κ3) is 7.99. The second kappa shape index (κ2) is 10.1. The quantitative estimate of drug-likeness (QED) is 0.564. The Balaban J connectivity index is 1.76. The lowest BCUT2D eigenvalue weighted by Gasteiger charge is -2.08. The standard InChI is InChI=1S/C18H21N3O5S2/c1-26-16-7-5-14(6-8-16)20-17(22)10-27-11-18(23)21-15-4-2-3-13(9-15)12-28(19,24)25/h2-9H,10-12H2,1H3,(H,20,22)(H,21,23)(H2,19,24,25). The fourth-order valence-corrected chi connectivity index (χ4v) is 3.54. The van der Waals surface area contributed by atoms with Crippen molar-refractivity contribution in [1.82, 2.24) is 0 Å². The molecule has 2 rings (SSSR count). The van der Waals surface area contributed by atoms with Crippen LogP contribution in [0.5, 0.6) is 5.75 Å². The van der Waals surface area contributed by atoms with Crippen LogP contribution in [0.15, 0.2) is 48.5 Å². The van der Waals surface area contributed by atoms with E-state index in [0.29, 0.717) is 22.7 Å². The molecule has 4 N–H and O–H groups in total. The van der Waals surface area contributed by atoms with Crippen LogP contribution in [0.1, 0.15) is 5.56 Å². The van der Waals surface area contributed by atoms with Gasteiger partial charge < -0.3 is 15.4 Å². The lowest BCUT2D eigenvalue weighted by atomic mass is 10.2. The normalized spacial score (nSPS) is 10.9. The number of methoxy groups -OCH3 is 1. The van der Waals surface area contributed by atoms with E-state index in [4.69, 9.17) is 9.88 Å². The van der Waals surface area contributed by atoms with Gasteiger partial charge in [-0.05, 0) is 42.0 Å². The average molecular weight is 424 g/mol. The predicted molar refractivity (Wildman–Crippen MR) is 111 cm³/mol. The van der Waals surface area contributed by atoms with E-state index in [1.807, 2.05) is 0 Å². The summed E-state index contributed by atoms with van der Waals surface area (Å²) in [6.45, 7) is 0. The molecule has 0 aromatic heterocycles. The maximum Gasteiger partial charge on any atom is 0.234 e. The van der Waals surface area contributed by atoms with Crippen LogP contribution >= 0.6 is 11.8 Å². The molecule has 0 aliphatic carbocycles. The number of nitrogens with two attached hydrogens (primary N) is 1. The highest BCUT2D eigenvalue weighted by Crippen LogP contribution is 2.16. The van der Waals surface area contributed by atoms with Crippen molar-refractivity contribution in [2.24, 2.45) is 5.14 Å². The number of benzene rings is 2. The van der Waals surface area contributed by atoms with E-state index in [0.717, 1.165) is 0 Å². The number of carbonyl (C=O) groups excluding carboxylic acids is 2. The first-order chi connectivity index (χ1) is 13.2. The summed E-state index contributed by atoms with van der Waals surface area (Å²) in [5, 5.41) is 10.4. The van der Waals surface area contributed by atoms with Crippen LogP contribution in [0, 0.1) is 0 Å². The van der Waals surface area contributed by atoms with Gasteiger partial charge in [-0.1, -0.05) is 12.1 Å². The zero-order valence-corrected chi connectivity index (χ0v) is 16.8. The maximum atomic E-state index is 12.0. The number of amides is 2. The molecule has 0 saturated heterocycles. The third-order valence-corrected chi connectivity index (χ3v) is 5.09. The van der Waals surface area contributed by atoms with Crippen molar-refractivity contribution in [2.75, 3.05) is 29.2 Å². The van der Waals surface area contributed by atoms with E-state index in [-0.39, 0.29) is 29.1 Å². The Labute approximate surface area is 167 Å². The van der Waals surface area contributed by atoms with Crippen LogP contribution in [-0.2, 0) is 25.4 Å². The first-order valence-electron chi connectivity index (χ1n) is 8.16. The largest absolute Gasteiger partial charge is 0.497 e. The minimum Gasteiger partial charge on any atom is -0.497 e. The van der Waals surface area contributed by atoms with Crippen LogP contribution in [0.4, 0.5) is 11.4 Å². The molecule has 2 amide bonds. The van der Waals surface area contributed by atoms with Gasteiger partial charge in [0.25, 0.3) is 0 Å². The van der Waals surface area contributed by atoms with Crippen molar-refractivity contribution in [3.63, 3.8) is 0 Å². The molecule has 8 nitrogen and oxygen atoms in total. The fraction of sp³-hybridized carbons (Fsp3) is 0.222. The molecule has 10 heteroatoms. The summed E-state index contributed by atoms with van der Waals surface area (Å²) in [6, 6.07) is 13.4. The minimum atomic E-state index is -3.64. The van der Waals surface area contributed by atoms with Gasteiger partial charge in [-0.15, -0.1) is 11.8 Å². The molecule has 0 unspecified atom stereocenters. The van der Waals surface area contributed by atoms with Gasteiger partial charge in [-0.2, -0.15) is 0 Å². The van der Waals surface area contributed by atoms with Gasteiger partial charge in [0.1, 0.15) is 5.75 Å². The molecule has 0 saturated carbocycles. The van der Waals surface area contributed by atoms with E-state index < -0.39 is 10.0 Å². The highest BCUT2D eigenvalue weighted by molar-refractivity contribution is 8.00. The van der Waals surface area contributed by atoms with E-state index in [1.165, 1.54) is 11.8 Å². The Kier molecular flexibility index (Phi) is 7.85. The topological polar surface area (TPSA) is 128 Å². The number of nitrogens with one attached hydrogen (secondary N) is 2. The smallest absolute Gasteiger partial charge is 0.234 e. The number of rotatable bonds is 9. The Morgan fingerprint density at radius 3 is 2.18 bits per heavy atom. The van der Waals surface area contributed by atoms with E-state index >= 15 is 0 Å². The summed E-state index contributed by atoms with van der Waals surface area (Å²) in [7, 11) is -2.08. The molecule has 0 spiro atoms. The monoisotopic (exact) mass is 423 g/mol. The second-order valence-corrected chi connectivity index (χ2v) is 8.43. The molecule has 0 bridgehead atoms. The lowest BCUT2D eigenvalue weighted by Crippen LogP contribution is -2.18. The Morgan fingerprint density at radius 1 is 1.00 bits per heavy atom. The van der Waals surface area contributed by atoms with Crippen molar-refractivity contribution in [3.05, 3.63) is 54.1 Å². The molecule has 150 valence electrons. The first kappa shape index (κ1) is 21.7. The van der Waals surface area contributed by atoms with Crippen molar-refractivity contribution in [1.29, 1.82) is 0 Å². The highest BCUT2D eigenvalue weighted by Gasteiger charge is 2.09. The fourth-order valence-electron chi connectivity index (χ4n) is 2.28. The van der Waals surface area contributed by atoms with Crippen LogP contribution < -0.4 is 20.5 Å². The number of primary sulfonamides is 1. The number of hydrogen-bond acceptors (Lipinski definition) is 6. The summed E-state index contributed by atoms with van der Waals surface area (Å²) < 4.78 is 27.3. The van der Waals surface area contributed by atoms with Gasteiger partial charge in [0.15, 0.2) is 0 Å². The third-order valence-electron chi connectivity index (χ3n) is 3.42. The average Bonchev–Trinajstić information content (AvgIpc) is 2.61. The van der Waals surface area contributed by atoms with E-state index in [1.54, 1.807) is 55.6 Å². The SMILES string of the molecule is COc1ccc(NC(=O)CSCC(=O)Nc2cccc(CS(N)(=O)=O)c2)cc1. The molecule has 2 aromatic carbocycles. The summed E-state index contributed by atoms with van der Waals surface area (Å²) in [6.07, 6.45) is 0. The number of carbonyl (C=O) groups is 2. The number of sulfonamides is 1. The Bertz CT molecular complexity index is 930. The molecule has 0 aliphatic rings. The van der Waals surface area contributed by atoms with Gasteiger partial charge in [0, 0.05) is 11.4 Å². The van der Waals surface area contributed by atoms with Gasteiger partial charge in [0.2, 0.25) is 21.8 Å². The number of ether oxygens (including phenoxy) is 1. The maximum absolute atomic E-state index is 12.0. The van der Waals surface area contributed by atoms with Crippen LogP contribution in [0.2, 0.25) is 0 Å². The summed E-state index contributed by atoms with van der Waals surface area (Å²) in [5.74, 6) is 0.0578. The van der Waals surface area contributed by atoms with Crippen molar-refractivity contribution in [2.45, 2.75) is 5.75 Å². The molecule has 0 atom stereocenters. The molecular formula is C18H21N3O5S2. The molecule has 0 radical (unpaired) electrons. The molecule has 0 fully saturated rings. The molecular weight excluding hydrogens is 402 g/mol. The highest BCUT2D eigenvalue weighted by atomic mass is 32.2. The van der Waals surface area contributed by atoms with Crippen molar-refractivity contribution in [3.8, 4) is 5.75 Å². The summed E-state index contributed by atoms with van der Waals surface area (Å²) in [4.78, 5) is 23.9. The van der Waals surface area contributed by atoms with E-state index in [2.05, 4.69) is 10.6 Å². The zero-order chi connectivity index (χ0) is 20.6. The summed E-state index contributed by atoms with van der Waals surface area (Å²) in [5.41, 5.74) is 1.59. The first-order valence-corrected chi connectivity index (χ1v) is 11.0. The van der Waals surface area contributed by atoms with Crippen LogP contribution in [-0.4, -0.2) is 38.8 Å². The lowest BCUT2D eigenvalue weighted by molar-refractivity contribution is -0.114. The number of thioether (sulfide) groups is 1. The Morgan fingerprint density at radius 2 is 1.61 bits per heavy atom. The molecule has 2 aromatic rings. The van der Waals surface area contributed by atoms with Gasteiger partial charge >= 0.3 is 0 Å². The van der Waals surface area contributed by atoms with Gasteiger partial charge in [-0.25, -0.2) is 13.6 Å². The molecule has 0 aliphatic heterocycles. The second-order valence-electron chi connectivity index (χ2n) is 5.83. The number of anilines is 2. The predicted octanol–water partition coefficient (Wildman–Crippen LogP) is 1.79. The van der Waals surface area contributed by atoms with Crippen molar-refractivity contribution < 1.29 is 22.7 Å². The zero-order valence-electron chi connectivity index (χ0n) is 15.2. The molecule has 28 heavy (non-hydrogen) atoms. The van der Waals surface area contributed by atoms with Crippen LogP contribution in [0.25, 0.3) is 0 Å². The minimum absolute atomic E-state index is 0.0788. The molecule has 0 heterocycles. The van der Waals surface area contributed by atoms with Crippen LogP contribution in [0.3, 0.4) is 0 Å². The van der Waals surface area contributed by atoms with Crippen molar-refractivity contribution >= 4 is 45.0 Å². The van der Waals surface area contributed by atoms with Gasteiger partial charge in [-0.3, -0.25) is 9.59 Å². The summed E-state index contributed by atoms with van der Waals surface area (Å²) >= 11 is 1.17. The van der Waals surface area contributed by atoms with Gasteiger partial charge in [0.05, 0.1) is 24.4 Å². The Hall–Kier alpha value is -2.56. The van der Waals surface area contributed by atoms with E-state index in [9.17, 15) is 18.0 Å².